The number of benzene rings is 1. The summed E-state index contributed by atoms with van der Waals surface area (Å²) in [5, 5.41) is 3.23. The molecule has 18 heavy (non-hydrogen) atoms. The minimum Gasteiger partial charge on any atom is -0.316 e. The zero-order valence-electron chi connectivity index (χ0n) is 11.1. The molecule has 0 amide bonds. The van der Waals surface area contributed by atoms with Gasteiger partial charge in [0.05, 0.1) is 5.56 Å². The van der Waals surface area contributed by atoms with Crippen molar-refractivity contribution in [1.29, 1.82) is 0 Å². The third-order valence-corrected chi connectivity index (χ3v) is 2.79. The highest BCUT2D eigenvalue weighted by Crippen LogP contribution is 2.31. The van der Waals surface area contributed by atoms with E-state index in [1.807, 2.05) is 6.92 Å². The Kier molecular flexibility index (Phi) is 4.79. The first-order valence-electron chi connectivity index (χ1n) is 6.11. The highest BCUT2D eigenvalue weighted by molar-refractivity contribution is 5.26. The second-order valence-corrected chi connectivity index (χ2v) is 5.32. The van der Waals surface area contributed by atoms with Crippen LogP contribution in [-0.4, -0.2) is 13.1 Å². The zero-order valence-corrected chi connectivity index (χ0v) is 11.1. The molecule has 0 atom stereocenters. The van der Waals surface area contributed by atoms with E-state index in [4.69, 9.17) is 0 Å². The molecule has 0 saturated heterocycles. The topological polar surface area (TPSA) is 12.0 Å². The predicted octanol–water partition coefficient (Wildman–Crippen LogP) is 3.88. The van der Waals surface area contributed by atoms with Gasteiger partial charge in [0.25, 0.3) is 0 Å². The van der Waals surface area contributed by atoms with Gasteiger partial charge in [-0.15, -0.1) is 0 Å². The normalized spacial score (nSPS) is 12.8. The highest BCUT2D eigenvalue weighted by atomic mass is 19.4. The van der Waals surface area contributed by atoms with E-state index < -0.39 is 11.7 Å². The number of hydrogen-bond donors (Lipinski definition) is 1. The Labute approximate surface area is 106 Å². The standard InChI is InChI=1S/C14H20F3N/c1-4-18-10-13(2,3)9-11-6-5-7-12(8-11)14(15,16)17/h5-8,18H,4,9-10H2,1-3H3. The Balaban J connectivity index is 2.79. The molecule has 4 heteroatoms. The first kappa shape index (κ1) is 15.0. The fraction of sp³-hybridized carbons (Fsp3) is 0.571. The van der Waals surface area contributed by atoms with Crippen molar-refractivity contribution >= 4 is 0 Å². The van der Waals surface area contributed by atoms with Gasteiger partial charge < -0.3 is 5.32 Å². The lowest BCUT2D eigenvalue weighted by Gasteiger charge is -2.25. The van der Waals surface area contributed by atoms with Crippen molar-refractivity contribution < 1.29 is 13.2 Å². The number of hydrogen-bond acceptors (Lipinski definition) is 1. The highest BCUT2D eigenvalue weighted by Gasteiger charge is 2.30. The first-order chi connectivity index (χ1) is 8.24. The lowest BCUT2D eigenvalue weighted by molar-refractivity contribution is -0.137. The summed E-state index contributed by atoms with van der Waals surface area (Å²) < 4.78 is 37.8. The maximum absolute atomic E-state index is 12.6. The van der Waals surface area contributed by atoms with E-state index in [9.17, 15) is 13.2 Å². The van der Waals surface area contributed by atoms with Gasteiger partial charge in [0, 0.05) is 6.54 Å². The Morgan fingerprint density at radius 1 is 1.17 bits per heavy atom. The minimum atomic E-state index is -4.26. The van der Waals surface area contributed by atoms with Gasteiger partial charge in [-0.2, -0.15) is 13.2 Å². The molecule has 0 aliphatic rings. The number of alkyl halides is 3. The van der Waals surface area contributed by atoms with E-state index in [0.29, 0.717) is 6.42 Å². The van der Waals surface area contributed by atoms with Crippen LogP contribution in [0.5, 0.6) is 0 Å². The second-order valence-electron chi connectivity index (χ2n) is 5.32. The van der Waals surface area contributed by atoms with Crippen LogP contribution < -0.4 is 5.32 Å². The van der Waals surface area contributed by atoms with Crippen LogP contribution in [0, 0.1) is 5.41 Å². The molecule has 1 nitrogen and oxygen atoms in total. The molecule has 0 heterocycles. The van der Waals surface area contributed by atoms with Crippen LogP contribution in [0.4, 0.5) is 13.2 Å². The van der Waals surface area contributed by atoms with E-state index in [0.717, 1.165) is 24.7 Å². The van der Waals surface area contributed by atoms with Crippen LogP contribution in [0.25, 0.3) is 0 Å². The molecule has 0 spiro atoms. The fourth-order valence-electron chi connectivity index (χ4n) is 1.94. The number of rotatable bonds is 5. The van der Waals surface area contributed by atoms with Crippen LogP contribution >= 0.6 is 0 Å². The van der Waals surface area contributed by atoms with Crippen LogP contribution in [-0.2, 0) is 12.6 Å². The summed E-state index contributed by atoms with van der Waals surface area (Å²) in [6.45, 7) is 7.78. The average molecular weight is 259 g/mol. The molecular formula is C14H20F3N. The molecule has 0 aliphatic carbocycles. The quantitative estimate of drug-likeness (QED) is 0.846. The smallest absolute Gasteiger partial charge is 0.316 e. The molecule has 0 aliphatic heterocycles. The van der Waals surface area contributed by atoms with E-state index in [-0.39, 0.29) is 5.41 Å². The fourth-order valence-corrected chi connectivity index (χ4v) is 1.94. The summed E-state index contributed by atoms with van der Waals surface area (Å²) in [4.78, 5) is 0. The summed E-state index contributed by atoms with van der Waals surface area (Å²) in [6, 6.07) is 5.58. The largest absolute Gasteiger partial charge is 0.416 e. The van der Waals surface area contributed by atoms with Gasteiger partial charge in [-0.3, -0.25) is 0 Å². The third kappa shape index (κ3) is 4.69. The van der Waals surface area contributed by atoms with Crippen molar-refractivity contribution in [3.63, 3.8) is 0 Å². The number of halogens is 3. The van der Waals surface area contributed by atoms with Gasteiger partial charge in [-0.25, -0.2) is 0 Å². The van der Waals surface area contributed by atoms with Crippen molar-refractivity contribution in [1.82, 2.24) is 5.32 Å². The first-order valence-corrected chi connectivity index (χ1v) is 6.11. The SMILES string of the molecule is CCNCC(C)(C)Cc1cccc(C(F)(F)F)c1. The maximum atomic E-state index is 12.6. The summed E-state index contributed by atoms with van der Waals surface area (Å²) in [7, 11) is 0. The lowest BCUT2D eigenvalue weighted by atomic mass is 9.85. The van der Waals surface area contributed by atoms with E-state index >= 15 is 0 Å². The summed E-state index contributed by atoms with van der Waals surface area (Å²) in [5.41, 5.74) is 0.104. The van der Waals surface area contributed by atoms with Crippen LogP contribution in [0.15, 0.2) is 24.3 Å². The Bertz CT molecular complexity index is 383. The Morgan fingerprint density at radius 3 is 2.39 bits per heavy atom. The Morgan fingerprint density at radius 2 is 1.83 bits per heavy atom. The van der Waals surface area contributed by atoms with Gasteiger partial charge >= 0.3 is 6.18 Å². The van der Waals surface area contributed by atoms with Crippen molar-refractivity contribution in [2.24, 2.45) is 5.41 Å². The van der Waals surface area contributed by atoms with Crippen LogP contribution in [0.1, 0.15) is 31.9 Å². The molecule has 1 aromatic rings. The summed E-state index contributed by atoms with van der Waals surface area (Å²) >= 11 is 0. The molecular weight excluding hydrogens is 239 g/mol. The Hall–Kier alpha value is -1.03. The monoisotopic (exact) mass is 259 g/mol. The third-order valence-electron chi connectivity index (χ3n) is 2.79. The molecule has 0 aromatic heterocycles. The van der Waals surface area contributed by atoms with E-state index in [2.05, 4.69) is 19.2 Å². The van der Waals surface area contributed by atoms with Crippen molar-refractivity contribution in [3.8, 4) is 0 Å². The molecule has 0 fully saturated rings. The van der Waals surface area contributed by atoms with Crippen molar-refractivity contribution in [3.05, 3.63) is 35.4 Å². The molecule has 0 bridgehead atoms. The van der Waals surface area contributed by atoms with Crippen molar-refractivity contribution in [2.75, 3.05) is 13.1 Å². The van der Waals surface area contributed by atoms with Gasteiger partial charge in [-0.1, -0.05) is 39.0 Å². The van der Waals surface area contributed by atoms with Crippen molar-refractivity contribution in [2.45, 2.75) is 33.4 Å². The average Bonchev–Trinajstić information content (AvgIpc) is 2.25. The zero-order chi connectivity index (χ0) is 13.8. The second kappa shape index (κ2) is 5.74. The summed E-state index contributed by atoms with van der Waals surface area (Å²) in [5.74, 6) is 0. The molecule has 102 valence electrons. The van der Waals surface area contributed by atoms with E-state index in [1.165, 1.54) is 12.1 Å². The maximum Gasteiger partial charge on any atom is 0.416 e. The van der Waals surface area contributed by atoms with Gasteiger partial charge in [0.1, 0.15) is 0 Å². The molecule has 0 saturated carbocycles. The van der Waals surface area contributed by atoms with Gasteiger partial charge in [-0.05, 0) is 30.0 Å². The molecule has 1 rings (SSSR count). The van der Waals surface area contributed by atoms with Gasteiger partial charge in [0.2, 0.25) is 0 Å². The molecule has 0 unspecified atom stereocenters. The lowest BCUT2D eigenvalue weighted by Crippen LogP contribution is -2.31. The summed E-state index contributed by atoms with van der Waals surface area (Å²) in [6.07, 6.45) is -3.63. The molecule has 1 aromatic carbocycles. The minimum absolute atomic E-state index is 0.0553. The van der Waals surface area contributed by atoms with Crippen LogP contribution in [0.3, 0.4) is 0 Å². The molecule has 1 N–H and O–H groups in total. The predicted molar refractivity (Wildman–Crippen MR) is 67.5 cm³/mol. The van der Waals surface area contributed by atoms with E-state index in [1.54, 1.807) is 6.07 Å². The molecule has 0 radical (unpaired) electrons. The number of nitrogens with one attached hydrogen (secondary N) is 1. The van der Waals surface area contributed by atoms with Gasteiger partial charge in [0.15, 0.2) is 0 Å². The van der Waals surface area contributed by atoms with Crippen LogP contribution in [0.2, 0.25) is 0 Å².